The molecule has 0 bridgehead atoms. The summed E-state index contributed by atoms with van der Waals surface area (Å²) >= 11 is 0. The highest BCUT2D eigenvalue weighted by Gasteiger charge is 2.30. The standard InChI is InChI=1S/C17H15F4NO/c1-11(13-5-3-6-14(10-13)17(19,20)21)22-16(23)9-12-4-2-7-15(18)8-12/h2-8,10-11H,9H2,1H3,(H,22,23). The number of rotatable bonds is 4. The zero-order valence-corrected chi connectivity index (χ0v) is 12.3. The molecule has 0 radical (unpaired) electrons. The molecule has 0 aliphatic carbocycles. The first-order valence-corrected chi connectivity index (χ1v) is 6.96. The van der Waals surface area contributed by atoms with Gasteiger partial charge in [-0.15, -0.1) is 0 Å². The minimum absolute atomic E-state index is 0.0406. The van der Waals surface area contributed by atoms with E-state index in [4.69, 9.17) is 0 Å². The quantitative estimate of drug-likeness (QED) is 0.836. The number of hydrogen-bond acceptors (Lipinski definition) is 1. The summed E-state index contributed by atoms with van der Waals surface area (Å²) in [7, 11) is 0. The van der Waals surface area contributed by atoms with Gasteiger partial charge >= 0.3 is 6.18 Å². The highest BCUT2D eigenvalue weighted by molar-refractivity contribution is 5.79. The third kappa shape index (κ3) is 4.81. The van der Waals surface area contributed by atoms with Crippen molar-refractivity contribution >= 4 is 5.91 Å². The van der Waals surface area contributed by atoms with Crippen molar-refractivity contribution in [3.05, 3.63) is 71.0 Å². The van der Waals surface area contributed by atoms with Crippen molar-refractivity contribution in [1.29, 1.82) is 0 Å². The molecule has 1 amide bonds. The predicted octanol–water partition coefficient (Wildman–Crippen LogP) is 4.26. The SMILES string of the molecule is CC(NC(=O)Cc1cccc(F)c1)c1cccc(C(F)(F)F)c1. The molecule has 2 rings (SSSR count). The summed E-state index contributed by atoms with van der Waals surface area (Å²) in [6, 6.07) is 9.83. The van der Waals surface area contributed by atoms with Crippen LogP contribution >= 0.6 is 0 Å². The molecule has 1 unspecified atom stereocenters. The number of hydrogen-bond donors (Lipinski definition) is 1. The van der Waals surface area contributed by atoms with Gasteiger partial charge in [-0.05, 0) is 42.3 Å². The molecule has 0 saturated heterocycles. The number of benzene rings is 2. The summed E-state index contributed by atoms with van der Waals surface area (Å²) in [6.07, 6.45) is -4.47. The van der Waals surface area contributed by atoms with E-state index >= 15 is 0 Å². The van der Waals surface area contributed by atoms with E-state index in [-0.39, 0.29) is 12.3 Å². The first kappa shape index (κ1) is 17.0. The molecule has 6 heteroatoms. The Morgan fingerprint density at radius 3 is 2.48 bits per heavy atom. The molecule has 1 atom stereocenters. The van der Waals surface area contributed by atoms with Crippen LogP contribution in [0.4, 0.5) is 17.6 Å². The van der Waals surface area contributed by atoms with Crippen molar-refractivity contribution in [2.24, 2.45) is 0 Å². The van der Waals surface area contributed by atoms with Crippen molar-refractivity contribution in [2.75, 3.05) is 0 Å². The van der Waals surface area contributed by atoms with Crippen molar-refractivity contribution < 1.29 is 22.4 Å². The Balaban J connectivity index is 2.04. The van der Waals surface area contributed by atoms with Crippen LogP contribution in [0.5, 0.6) is 0 Å². The lowest BCUT2D eigenvalue weighted by molar-refractivity contribution is -0.137. The molecule has 0 aliphatic rings. The second-order valence-corrected chi connectivity index (χ2v) is 5.22. The van der Waals surface area contributed by atoms with E-state index in [1.54, 1.807) is 13.0 Å². The summed E-state index contributed by atoms with van der Waals surface area (Å²) < 4.78 is 51.2. The van der Waals surface area contributed by atoms with E-state index in [9.17, 15) is 22.4 Å². The molecule has 122 valence electrons. The number of carbonyl (C=O) groups excluding carboxylic acids is 1. The fourth-order valence-corrected chi connectivity index (χ4v) is 2.19. The van der Waals surface area contributed by atoms with Crippen molar-refractivity contribution in [1.82, 2.24) is 5.32 Å². The molecule has 2 aromatic rings. The summed E-state index contributed by atoms with van der Waals surface area (Å²) in [6.45, 7) is 1.60. The van der Waals surface area contributed by atoms with Crippen LogP contribution in [0.2, 0.25) is 0 Å². The summed E-state index contributed by atoms with van der Waals surface area (Å²) in [5.74, 6) is -0.832. The molecule has 2 aromatic carbocycles. The molecule has 2 nitrogen and oxygen atoms in total. The van der Waals surface area contributed by atoms with Crippen LogP contribution in [0, 0.1) is 5.82 Å². The van der Waals surface area contributed by atoms with Crippen LogP contribution in [-0.2, 0) is 17.4 Å². The average molecular weight is 325 g/mol. The fourth-order valence-electron chi connectivity index (χ4n) is 2.19. The minimum Gasteiger partial charge on any atom is -0.349 e. The number of nitrogens with one attached hydrogen (secondary N) is 1. The van der Waals surface area contributed by atoms with E-state index in [1.165, 1.54) is 30.3 Å². The highest BCUT2D eigenvalue weighted by Crippen LogP contribution is 2.30. The van der Waals surface area contributed by atoms with E-state index in [0.717, 1.165) is 12.1 Å². The molecular weight excluding hydrogens is 310 g/mol. The molecule has 0 spiro atoms. The number of amides is 1. The zero-order chi connectivity index (χ0) is 17.0. The Bertz CT molecular complexity index is 697. The monoisotopic (exact) mass is 325 g/mol. The van der Waals surface area contributed by atoms with Crippen LogP contribution in [-0.4, -0.2) is 5.91 Å². The van der Waals surface area contributed by atoms with Crippen molar-refractivity contribution in [3.63, 3.8) is 0 Å². The summed E-state index contributed by atoms with van der Waals surface area (Å²) in [4.78, 5) is 11.9. The lowest BCUT2D eigenvalue weighted by atomic mass is 10.0. The Kier molecular flexibility index (Phi) is 5.03. The second-order valence-electron chi connectivity index (χ2n) is 5.22. The fraction of sp³-hybridized carbons (Fsp3) is 0.235. The maximum absolute atomic E-state index is 13.1. The van der Waals surface area contributed by atoms with Gasteiger partial charge < -0.3 is 5.32 Å². The van der Waals surface area contributed by atoms with Gasteiger partial charge in [-0.25, -0.2) is 4.39 Å². The molecule has 0 aliphatic heterocycles. The average Bonchev–Trinajstić information content (AvgIpc) is 2.46. The Labute approximate surface area is 131 Å². The Hall–Kier alpha value is -2.37. The summed E-state index contributed by atoms with van der Waals surface area (Å²) in [5.41, 5.74) is 0.0902. The molecule has 23 heavy (non-hydrogen) atoms. The second kappa shape index (κ2) is 6.81. The van der Waals surface area contributed by atoms with Gasteiger partial charge in [0.2, 0.25) is 5.91 Å². The first-order valence-electron chi connectivity index (χ1n) is 6.96. The van der Waals surface area contributed by atoms with Gasteiger partial charge in [0.15, 0.2) is 0 Å². The Morgan fingerprint density at radius 2 is 1.83 bits per heavy atom. The van der Waals surface area contributed by atoms with Gasteiger partial charge in [-0.3, -0.25) is 4.79 Å². The van der Waals surface area contributed by atoms with Gasteiger partial charge in [0, 0.05) is 0 Å². The topological polar surface area (TPSA) is 29.1 Å². The third-order valence-corrected chi connectivity index (χ3v) is 3.35. The van der Waals surface area contributed by atoms with Crippen LogP contribution in [0.25, 0.3) is 0 Å². The van der Waals surface area contributed by atoms with Crippen LogP contribution < -0.4 is 5.32 Å². The van der Waals surface area contributed by atoms with E-state index < -0.39 is 23.6 Å². The van der Waals surface area contributed by atoms with Gasteiger partial charge in [-0.1, -0.05) is 24.3 Å². The van der Waals surface area contributed by atoms with Crippen molar-refractivity contribution in [3.8, 4) is 0 Å². The van der Waals surface area contributed by atoms with Gasteiger partial charge in [-0.2, -0.15) is 13.2 Å². The number of carbonyl (C=O) groups is 1. The molecule has 0 saturated carbocycles. The van der Waals surface area contributed by atoms with E-state index in [0.29, 0.717) is 11.1 Å². The minimum atomic E-state index is -4.43. The number of halogens is 4. The zero-order valence-electron chi connectivity index (χ0n) is 12.3. The normalized spacial score (nSPS) is 12.7. The van der Waals surface area contributed by atoms with Gasteiger partial charge in [0.05, 0.1) is 18.0 Å². The lowest BCUT2D eigenvalue weighted by Gasteiger charge is -2.16. The molecule has 0 aromatic heterocycles. The maximum atomic E-state index is 13.1. The predicted molar refractivity (Wildman–Crippen MR) is 78.1 cm³/mol. The molecule has 1 N–H and O–H groups in total. The number of alkyl halides is 3. The first-order chi connectivity index (χ1) is 10.8. The smallest absolute Gasteiger partial charge is 0.349 e. The van der Waals surface area contributed by atoms with Crippen LogP contribution in [0.15, 0.2) is 48.5 Å². The van der Waals surface area contributed by atoms with E-state index in [2.05, 4.69) is 5.32 Å². The Morgan fingerprint density at radius 1 is 1.13 bits per heavy atom. The largest absolute Gasteiger partial charge is 0.416 e. The summed E-state index contributed by atoms with van der Waals surface area (Å²) in [5, 5.41) is 2.61. The molecule has 0 heterocycles. The van der Waals surface area contributed by atoms with Crippen molar-refractivity contribution in [2.45, 2.75) is 25.6 Å². The maximum Gasteiger partial charge on any atom is 0.416 e. The highest BCUT2D eigenvalue weighted by atomic mass is 19.4. The van der Waals surface area contributed by atoms with Gasteiger partial charge in [0.1, 0.15) is 5.82 Å². The lowest BCUT2D eigenvalue weighted by Crippen LogP contribution is -2.28. The molecule has 0 fully saturated rings. The van der Waals surface area contributed by atoms with E-state index in [1.807, 2.05) is 0 Å². The van der Waals surface area contributed by atoms with Crippen LogP contribution in [0.3, 0.4) is 0 Å². The third-order valence-electron chi connectivity index (χ3n) is 3.35. The van der Waals surface area contributed by atoms with Crippen LogP contribution in [0.1, 0.15) is 29.7 Å². The molecular formula is C17H15F4NO. The van der Waals surface area contributed by atoms with Gasteiger partial charge in [0.25, 0.3) is 0 Å².